The molecule has 3 heterocycles. The molecule has 8 nitrogen and oxygen atoms in total. The van der Waals surface area contributed by atoms with Gasteiger partial charge in [0.2, 0.25) is 0 Å². The number of amidine groups is 1. The highest BCUT2D eigenvalue weighted by molar-refractivity contribution is 8.00. The van der Waals surface area contributed by atoms with E-state index in [2.05, 4.69) is 53.2 Å². The van der Waals surface area contributed by atoms with Gasteiger partial charge in [-0.3, -0.25) is 14.7 Å². The first-order chi connectivity index (χ1) is 21.4. The number of anilines is 1. The number of hydrogen-bond donors (Lipinski definition) is 1. The Kier molecular flexibility index (Phi) is 9.17. The van der Waals surface area contributed by atoms with Crippen molar-refractivity contribution in [2.24, 2.45) is 10.4 Å². The summed E-state index contributed by atoms with van der Waals surface area (Å²) in [4.78, 5) is 22.4. The van der Waals surface area contributed by atoms with Crippen LogP contribution in [0, 0.1) is 19.3 Å². The fourth-order valence-corrected chi connectivity index (χ4v) is 7.36. The Balaban J connectivity index is 1.25. The van der Waals surface area contributed by atoms with E-state index >= 15 is 0 Å². The fraction of sp³-hybridized carbons (Fsp3) is 0.514. The molecule has 2 spiro atoms. The number of rotatable bonds is 12. The number of amides is 1. The van der Waals surface area contributed by atoms with Crippen molar-refractivity contribution < 1.29 is 18.8 Å². The Hall–Kier alpha value is -3.14. The van der Waals surface area contributed by atoms with Crippen LogP contribution in [0.5, 0.6) is 0 Å². The van der Waals surface area contributed by atoms with E-state index < -0.39 is 5.54 Å². The van der Waals surface area contributed by atoms with Gasteiger partial charge in [0.1, 0.15) is 17.1 Å². The second-order valence-corrected chi connectivity index (χ2v) is 13.4. The maximum absolute atomic E-state index is 14.1. The second kappa shape index (κ2) is 13.1. The molecule has 234 valence electrons. The fourth-order valence-electron chi connectivity index (χ4n) is 6.53. The molecule has 44 heavy (non-hydrogen) atoms. The number of benzene rings is 2. The van der Waals surface area contributed by atoms with E-state index in [1.54, 1.807) is 0 Å². The van der Waals surface area contributed by atoms with Crippen molar-refractivity contribution in [1.82, 2.24) is 10.1 Å². The van der Waals surface area contributed by atoms with E-state index in [1.165, 1.54) is 11.9 Å². The molecule has 3 aliphatic rings. The van der Waals surface area contributed by atoms with Gasteiger partial charge in [-0.1, -0.05) is 54.9 Å². The Labute approximate surface area is 265 Å². The summed E-state index contributed by atoms with van der Waals surface area (Å²) in [5, 5.41) is 4.15. The van der Waals surface area contributed by atoms with Gasteiger partial charge >= 0.3 is 0 Å². The summed E-state index contributed by atoms with van der Waals surface area (Å²) in [6, 6.07) is 14.9. The minimum atomic E-state index is -0.595. The molecule has 2 aromatic carbocycles. The second-order valence-electron chi connectivity index (χ2n) is 12.6. The first-order valence-corrected chi connectivity index (χ1v) is 16.8. The number of carbonyl (C=O) groups excluding carboxylic acids is 1. The first-order valence-electron chi connectivity index (χ1n) is 16.0. The molecule has 0 radical (unpaired) electrons. The van der Waals surface area contributed by atoms with Gasteiger partial charge in [-0.2, -0.15) is 0 Å². The van der Waals surface area contributed by atoms with Gasteiger partial charge in [-0.15, -0.1) is 0 Å². The molecule has 2 aliphatic heterocycles. The molecule has 2 fully saturated rings. The number of carbonyl (C=O) groups is 1. The van der Waals surface area contributed by atoms with E-state index in [0.717, 1.165) is 108 Å². The summed E-state index contributed by atoms with van der Waals surface area (Å²) in [5.41, 5.74) is 5.10. The third-order valence-electron chi connectivity index (χ3n) is 9.57. The number of aryl methyl sites for hydroxylation is 1. The van der Waals surface area contributed by atoms with E-state index in [4.69, 9.17) is 19.0 Å². The maximum atomic E-state index is 14.1. The van der Waals surface area contributed by atoms with Crippen LogP contribution in [0.4, 0.5) is 5.82 Å². The lowest BCUT2D eigenvalue weighted by Gasteiger charge is -2.48. The Morgan fingerprint density at radius 2 is 1.84 bits per heavy atom. The third kappa shape index (κ3) is 6.06. The zero-order chi connectivity index (χ0) is 30.7. The maximum Gasteiger partial charge on any atom is 0.256 e. The Morgan fingerprint density at radius 1 is 1.05 bits per heavy atom. The predicted octanol–water partition coefficient (Wildman–Crippen LogP) is 7.87. The topological polar surface area (TPSA) is 89.2 Å². The molecule has 1 aliphatic carbocycles. The molecule has 3 aromatic rings. The Morgan fingerprint density at radius 3 is 2.52 bits per heavy atom. The highest BCUT2D eigenvalue weighted by Crippen LogP contribution is 2.49. The highest BCUT2D eigenvalue weighted by atomic mass is 32.2. The third-order valence-corrected chi connectivity index (χ3v) is 10.4. The smallest absolute Gasteiger partial charge is 0.256 e. The van der Waals surface area contributed by atoms with Crippen LogP contribution in [0.15, 0.2) is 56.9 Å². The summed E-state index contributed by atoms with van der Waals surface area (Å²) < 4.78 is 20.2. The van der Waals surface area contributed by atoms with Crippen LogP contribution < -0.4 is 4.72 Å². The van der Waals surface area contributed by atoms with Crippen LogP contribution in [0.3, 0.4) is 0 Å². The minimum absolute atomic E-state index is 0.181. The minimum Gasteiger partial charge on any atom is -0.380 e. The van der Waals surface area contributed by atoms with Crippen molar-refractivity contribution in [3.05, 3.63) is 64.9 Å². The number of unbranched alkanes of at least 4 members (excludes halogenated alkanes) is 1. The Bertz CT molecular complexity index is 1520. The van der Waals surface area contributed by atoms with Crippen molar-refractivity contribution in [1.29, 1.82) is 0 Å². The molecule has 1 saturated heterocycles. The van der Waals surface area contributed by atoms with Crippen molar-refractivity contribution in [3.63, 3.8) is 0 Å². The summed E-state index contributed by atoms with van der Waals surface area (Å²) in [6.07, 6.45) is 6.63. The van der Waals surface area contributed by atoms with Gasteiger partial charge in [-0.25, -0.2) is 0 Å². The average Bonchev–Trinajstić information content (AvgIpc) is 3.48. The van der Waals surface area contributed by atoms with Crippen LogP contribution in [-0.2, 0) is 27.4 Å². The van der Waals surface area contributed by atoms with Crippen molar-refractivity contribution in [2.75, 3.05) is 24.5 Å². The number of nitrogens with zero attached hydrogens (tertiary/aromatic N) is 3. The van der Waals surface area contributed by atoms with E-state index in [1.807, 2.05) is 31.7 Å². The van der Waals surface area contributed by atoms with Crippen molar-refractivity contribution in [3.8, 4) is 11.1 Å². The summed E-state index contributed by atoms with van der Waals surface area (Å²) in [5.74, 6) is 2.68. The van der Waals surface area contributed by atoms with Crippen LogP contribution in [0.1, 0.15) is 81.2 Å². The van der Waals surface area contributed by atoms with Crippen molar-refractivity contribution in [2.45, 2.75) is 96.2 Å². The molecule has 1 saturated carbocycles. The number of nitrogens with one attached hydrogen (secondary N) is 1. The summed E-state index contributed by atoms with van der Waals surface area (Å²) >= 11 is 1.52. The number of aliphatic imine (C=N–C) groups is 1. The molecular formula is C35H44N4O4S. The molecule has 6 rings (SSSR count). The van der Waals surface area contributed by atoms with Gasteiger partial charge in [0.05, 0.1) is 26.4 Å². The van der Waals surface area contributed by atoms with E-state index in [9.17, 15) is 4.79 Å². The summed E-state index contributed by atoms with van der Waals surface area (Å²) in [7, 11) is 0. The van der Waals surface area contributed by atoms with Gasteiger partial charge in [0.25, 0.3) is 5.91 Å². The van der Waals surface area contributed by atoms with Gasteiger partial charge < -0.3 is 18.7 Å². The molecule has 9 heteroatoms. The monoisotopic (exact) mass is 616 g/mol. The number of ether oxygens (including phenoxy) is 2. The molecule has 1 aromatic heterocycles. The number of aromatic nitrogens is 1. The van der Waals surface area contributed by atoms with Gasteiger partial charge in [-0.05, 0) is 93.1 Å². The standard InChI is InChI=1S/C35H44N4O4S/c1-5-7-12-31-36-35(17-15-34(16-18-35)22-42-23-34)33(40)39(31)20-26-13-14-28(27(19-26)21-41-6-2)29-10-8-9-11-30(29)44-38-32-24(3)25(4)43-37-32/h8-11,13-14,19H,5-7,12,15-18,20-23H2,1-4H3,(H,37,38). The zero-order valence-electron chi connectivity index (χ0n) is 26.4. The molecule has 0 atom stereocenters. The molecular weight excluding hydrogens is 572 g/mol. The summed E-state index contributed by atoms with van der Waals surface area (Å²) in [6.45, 7) is 11.4. The molecule has 1 N–H and O–H groups in total. The van der Waals surface area contributed by atoms with Gasteiger partial charge in [0.15, 0.2) is 5.82 Å². The quantitative estimate of drug-likeness (QED) is 0.207. The normalized spacial score (nSPS) is 18.6. The lowest BCUT2D eigenvalue weighted by Crippen LogP contribution is -2.52. The molecule has 0 unspecified atom stereocenters. The van der Waals surface area contributed by atoms with Crippen molar-refractivity contribution >= 4 is 29.5 Å². The molecule has 1 amide bonds. The van der Waals surface area contributed by atoms with Crippen LogP contribution in [0.25, 0.3) is 11.1 Å². The lowest BCUT2D eigenvalue weighted by atomic mass is 9.66. The highest BCUT2D eigenvalue weighted by Gasteiger charge is 2.54. The SMILES string of the molecule is CCCCC1=NC2(CCC3(CC2)COC3)C(=O)N1Cc1ccc(-c2ccccc2SNc2noc(C)c2C)c(COCC)c1. The van der Waals surface area contributed by atoms with E-state index in [-0.39, 0.29) is 11.3 Å². The van der Waals surface area contributed by atoms with E-state index in [0.29, 0.717) is 19.8 Å². The zero-order valence-corrected chi connectivity index (χ0v) is 27.2. The average molecular weight is 617 g/mol. The lowest BCUT2D eigenvalue weighted by molar-refractivity contribution is -0.149. The molecule has 0 bridgehead atoms. The van der Waals surface area contributed by atoms with Gasteiger partial charge in [0, 0.05) is 28.9 Å². The van der Waals surface area contributed by atoms with Crippen LogP contribution in [0.2, 0.25) is 0 Å². The first kappa shape index (κ1) is 30.9. The van der Waals surface area contributed by atoms with Crippen LogP contribution in [-0.4, -0.2) is 47.2 Å². The number of hydrogen-bond acceptors (Lipinski definition) is 8. The predicted molar refractivity (Wildman–Crippen MR) is 175 cm³/mol. The van der Waals surface area contributed by atoms with Crippen LogP contribution >= 0.6 is 11.9 Å². The largest absolute Gasteiger partial charge is 0.380 e.